The van der Waals surface area contributed by atoms with Crippen molar-refractivity contribution in [3.63, 3.8) is 0 Å². The number of carboxylic acid groups (broad SMARTS) is 1. The van der Waals surface area contributed by atoms with E-state index in [9.17, 15) is 9.59 Å². The van der Waals surface area contributed by atoms with Gasteiger partial charge in [0.05, 0.1) is 12.1 Å². The highest BCUT2D eigenvalue weighted by Crippen LogP contribution is 2.32. The predicted octanol–water partition coefficient (Wildman–Crippen LogP) is 3.68. The second-order valence-corrected chi connectivity index (χ2v) is 5.50. The number of fused-ring (bicyclic) bond motifs is 1. The Balaban J connectivity index is 0.00000242. The monoisotopic (exact) mass is 355 g/mol. The van der Waals surface area contributed by atoms with Gasteiger partial charge in [-0.3, -0.25) is 4.79 Å². The molecule has 1 heterocycles. The van der Waals surface area contributed by atoms with Gasteiger partial charge in [0.2, 0.25) is 0 Å². The van der Waals surface area contributed by atoms with Crippen molar-refractivity contribution >= 4 is 38.8 Å². The standard InChI is InChI=1S/C15H16BrNO4.H2/c1-3-21-15(20)14-10(6-7-11(18)19)9-5-4-8(2)12(16)13(9)17-14;/h4-5,17H,3,6-7H2,1-2H3,(H,18,19);1H. The van der Waals surface area contributed by atoms with Gasteiger partial charge in [-0.15, -0.1) is 0 Å². The van der Waals surface area contributed by atoms with Gasteiger partial charge in [0.15, 0.2) is 0 Å². The highest BCUT2D eigenvalue weighted by molar-refractivity contribution is 9.10. The van der Waals surface area contributed by atoms with E-state index in [1.165, 1.54) is 0 Å². The minimum Gasteiger partial charge on any atom is -0.481 e. The van der Waals surface area contributed by atoms with Gasteiger partial charge in [-0.05, 0) is 47.3 Å². The fourth-order valence-electron chi connectivity index (χ4n) is 2.26. The largest absolute Gasteiger partial charge is 0.481 e. The molecule has 2 N–H and O–H groups in total. The van der Waals surface area contributed by atoms with Crippen molar-refractivity contribution in [1.29, 1.82) is 0 Å². The minimum atomic E-state index is -0.898. The average molecular weight is 356 g/mol. The van der Waals surface area contributed by atoms with Gasteiger partial charge in [0.1, 0.15) is 5.69 Å². The number of aliphatic carboxylic acids is 1. The molecule has 0 saturated heterocycles. The van der Waals surface area contributed by atoms with E-state index in [0.29, 0.717) is 11.3 Å². The number of hydrogen-bond acceptors (Lipinski definition) is 3. The number of H-pyrrole nitrogens is 1. The van der Waals surface area contributed by atoms with E-state index in [1.54, 1.807) is 6.92 Å². The number of carbonyl (C=O) groups is 2. The zero-order chi connectivity index (χ0) is 15.6. The lowest BCUT2D eigenvalue weighted by Crippen LogP contribution is -2.09. The number of aryl methyl sites for hydroxylation is 2. The smallest absolute Gasteiger partial charge is 0.355 e. The molecule has 0 aliphatic rings. The first-order valence-corrected chi connectivity index (χ1v) is 7.43. The molecule has 21 heavy (non-hydrogen) atoms. The van der Waals surface area contributed by atoms with Crippen LogP contribution in [0.3, 0.4) is 0 Å². The number of aromatic nitrogens is 1. The number of nitrogens with one attached hydrogen (secondary N) is 1. The molecule has 0 bridgehead atoms. The second-order valence-electron chi connectivity index (χ2n) is 4.71. The van der Waals surface area contributed by atoms with Gasteiger partial charge < -0.3 is 14.8 Å². The van der Waals surface area contributed by atoms with Crippen LogP contribution in [-0.4, -0.2) is 28.6 Å². The normalized spacial score (nSPS) is 10.8. The molecular weight excluding hydrogens is 338 g/mol. The lowest BCUT2D eigenvalue weighted by Gasteiger charge is -2.03. The highest BCUT2D eigenvalue weighted by atomic mass is 79.9. The first-order valence-electron chi connectivity index (χ1n) is 6.64. The molecule has 2 rings (SSSR count). The summed E-state index contributed by atoms with van der Waals surface area (Å²) in [7, 11) is 0. The van der Waals surface area contributed by atoms with Gasteiger partial charge in [-0.2, -0.15) is 0 Å². The molecule has 6 heteroatoms. The van der Waals surface area contributed by atoms with Crippen molar-refractivity contribution in [3.8, 4) is 0 Å². The van der Waals surface area contributed by atoms with Crippen molar-refractivity contribution < 1.29 is 20.9 Å². The van der Waals surface area contributed by atoms with E-state index >= 15 is 0 Å². The third kappa shape index (κ3) is 3.10. The molecule has 1 aromatic heterocycles. The number of esters is 1. The van der Waals surface area contributed by atoms with Crippen LogP contribution in [0.5, 0.6) is 0 Å². The Labute approximate surface area is 131 Å². The van der Waals surface area contributed by atoms with Crippen molar-refractivity contribution in [2.24, 2.45) is 0 Å². The zero-order valence-electron chi connectivity index (χ0n) is 11.8. The molecule has 0 radical (unpaired) electrons. The summed E-state index contributed by atoms with van der Waals surface area (Å²) >= 11 is 3.50. The van der Waals surface area contributed by atoms with E-state index in [4.69, 9.17) is 9.84 Å². The van der Waals surface area contributed by atoms with Crippen LogP contribution in [0.4, 0.5) is 0 Å². The van der Waals surface area contributed by atoms with E-state index < -0.39 is 11.9 Å². The number of hydrogen-bond donors (Lipinski definition) is 2. The van der Waals surface area contributed by atoms with Crippen molar-refractivity contribution in [2.75, 3.05) is 6.61 Å². The summed E-state index contributed by atoms with van der Waals surface area (Å²) in [5.41, 5.74) is 2.84. The molecule has 0 amide bonds. The van der Waals surface area contributed by atoms with Crippen LogP contribution >= 0.6 is 15.9 Å². The van der Waals surface area contributed by atoms with Crippen LogP contribution in [0, 0.1) is 6.92 Å². The Hall–Kier alpha value is -1.82. The van der Waals surface area contributed by atoms with Crippen LogP contribution in [0.2, 0.25) is 0 Å². The zero-order valence-corrected chi connectivity index (χ0v) is 13.4. The first kappa shape index (κ1) is 15.6. The van der Waals surface area contributed by atoms with Crippen molar-refractivity contribution in [3.05, 3.63) is 33.4 Å². The second kappa shape index (κ2) is 6.30. The molecule has 2 aromatic rings. The summed E-state index contributed by atoms with van der Waals surface area (Å²) in [5.74, 6) is -1.36. The van der Waals surface area contributed by atoms with Crippen LogP contribution in [0.1, 0.15) is 36.4 Å². The summed E-state index contributed by atoms with van der Waals surface area (Å²) in [4.78, 5) is 25.9. The molecule has 5 nitrogen and oxygen atoms in total. The molecule has 0 aliphatic carbocycles. The summed E-state index contributed by atoms with van der Waals surface area (Å²) < 4.78 is 5.91. The maximum atomic E-state index is 12.1. The van der Waals surface area contributed by atoms with E-state index in [0.717, 1.165) is 20.9 Å². The number of aromatic amines is 1. The maximum absolute atomic E-state index is 12.1. The molecule has 0 fully saturated rings. The van der Waals surface area contributed by atoms with E-state index in [2.05, 4.69) is 20.9 Å². The van der Waals surface area contributed by atoms with Gasteiger partial charge in [0.25, 0.3) is 0 Å². The summed E-state index contributed by atoms with van der Waals surface area (Å²) in [6.45, 7) is 3.95. The molecule has 0 aliphatic heterocycles. The molecule has 114 valence electrons. The van der Waals surface area contributed by atoms with Crippen molar-refractivity contribution in [1.82, 2.24) is 4.98 Å². The number of carboxylic acids is 1. The Morgan fingerprint density at radius 2 is 2.14 bits per heavy atom. The van der Waals surface area contributed by atoms with Crippen molar-refractivity contribution in [2.45, 2.75) is 26.7 Å². The first-order chi connectivity index (χ1) is 9.95. The fourth-order valence-corrected chi connectivity index (χ4v) is 2.70. The molecule has 0 spiro atoms. The van der Waals surface area contributed by atoms with Crippen LogP contribution < -0.4 is 0 Å². The summed E-state index contributed by atoms with van der Waals surface area (Å²) in [6, 6.07) is 3.82. The topological polar surface area (TPSA) is 79.4 Å². The van der Waals surface area contributed by atoms with Gasteiger partial charge in [-0.25, -0.2) is 4.79 Å². The fraction of sp³-hybridized carbons (Fsp3) is 0.333. The van der Waals surface area contributed by atoms with Gasteiger partial charge in [-0.1, -0.05) is 12.1 Å². The highest BCUT2D eigenvalue weighted by Gasteiger charge is 2.21. The molecule has 0 unspecified atom stereocenters. The van der Waals surface area contributed by atoms with Crippen LogP contribution in [0.25, 0.3) is 10.9 Å². The lowest BCUT2D eigenvalue weighted by molar-refractivity contribution is -0.136. The number of rotatable bonds is 5. The predicted molar refractivity (Wildman–Crippen MR) is 84.8 cm³/mol. The van der Waals surface area contributed by atoms with Gasteiger partial charge in [0, 0.05) is 17.7 Å². The maximum Gasteiger partial charge on any atom is 0.355 e. The molecule has 1 aromatic carbocycles. The molecule has 0 saturated carbocycles. The third-order valence-electron chi connectivity index (χ3n) is 3.28. The number of carbonyl (C=O) groups excluding carboxylic acids is 1. The summed E-state index contributed by atoms with van der Waals surface area (Å²) in [6.07, 6.45) is 0.240. The lowest BCUT2D eigenvalue weighted by atomic mass is 10.0. The SMILES string of the molecule is CCOC(=O)c1[nH]c2c(Br)c(C)ccc2c1CCC(=O)O.[HH]. The third-order valence-corrected chi connectivity index (χ3v) is 4.30. The Bertz CT molecular complexity index is 711. The Kier molecular flexibility index (Phi) is 4.67. The van der Waals surface area contributed by atoms with Gasteiger partial charge >= 0.3 is 11.9 Å². The van der Waals surface area contributed by atoms with Crippen LogP contribution in [-0.2, 0) is 16.0 Å². The quantitative estimate of drug-likeness (QED) is 0.801. The van der Waals surface area contributed by atoms with E-state index in [1.807, 2.05) is 19.1 Å². The Morgan fingerprint density at radius 3 is 2.76 bits per heavy atom. The Morgan fingerprint density at radius 1 is 1.43 bits per heavy atom. The minimum absolute atomic E-state index is 0. The number of ether oxygens (including phenoxy) is 1. The molecular formula is C15H18BrNO4. The average Bonchev–Trinajstić information content (AvgIpc) is 2.80. The number of benzene rings is 1. The summed E-state index contributed by atoms with van der Waals surface area (Å²) in [5, 5.41) is 9.72. The molecule has 0 atom stereocenters. The number of halogens is 1. The van der Waals surface area contributed by atoms with Crippen LogP contribution in [0.15, 0.2) is 16.6 Å². The van der Waals surface area contributed by atoms with E-state index in [-0.39, 0.29) is 20.9 Å².